The van der Waals surface area contributed by atoms with Crippen LogP contribution in [0.4, 0.5) is 0 Å². The van der Waals surface area contributed by atoms with Gasteiger partial charge in [0.05, 0.1) is 0 Å². The topological polar surface area (TPSA) is 20.2 Å². The Morgan fingerprint density at radius 2 is 2.08 bits per heavy atom. The highest BCUT2D eigenvalue weighted by Gasteiger charge is 2.19. The second-order valence-electron chi connectivity index (χ2n) is 2.94. The predicted molar refractivity (Wildman–Crippen MR) is 54.1 cm³/mol. The van der Waals surface area contributed by atoms with Gasteiger partial charge in [-0.05, 0) is 11.6 Å². The normalized spacial score (nSPS) is 14.2. The number of benzene rings is 1. The minimum absolute atomic E-state index is 0.411. The summed E-state index contributed by atoms with van der Waals surface area (Å²) in [4.78, 5) is 0. The SMILES string of the molecule is C#CC(O)(C=C)Cc1ccccc1. The largest absolute Gasteiger partial charge is 0.374 e. The highest BCUT2D eigenvalue weighted by atomic mass is 16.3. The molecule has 0 bridgehead atoms. The predicted octanol–water partition coefficient (Wildman–Crippen LogP) is 1.78. The third kappa shape index (κ3) is 2.47. The summed E-state index contributed by atoms with van der Waals surface area (Å²) in [5.41, 5.74) is -0.218. The molecule has 0 fully saturated rings. The smallest absolute Gasteiger partial charge is 0.147 e. The van der Waals surface area contributed by atoms with E-state index in [1.807, 2.05) is 30.3 Å². The molecule has 0 aliphatic rings. The molecule has 1 unspecified atom stereocenters. The molecule has 0 aliphatic carbocycles. The van der Waals surface area contributed by atoms with E-state index in [9.17, 15) is 5.11 Å². The Morgan fingerprint density at radius 3 is 2.54 bits per heavy atom. The van der Waals surface area contributed by atoms with Crippen LogP contribution >= 0.6 is 0 Å². The van der Waals surface area contributed by atoms with Gasteiger partial charge < -0.3 is 5.11 Å². The Morgan fingerprint density at radius 1 is 1.46 bits per heavy atom. The second-order valence-corrected chi connectivity index (χ2v) is 2.94. The van der Waals surface area contributed by atoms with Gasteiger partial charge in [0.25, 0.3) is 0 Å². The van der Waals surface area contributed by atoms with Crippen molar-refractivity contribution < 1.29 is 5.11 Å². The van der Waals surface area contributed by atoms with Crippen LogP contribution in [0.5, 0.6) is 0 Å². The summed E-state index contributed by atoms with van der Waals surface area (Å²) < 4.78 is 0. The van der Waals surface area contributed by atoms with Crippen molar-refractivity contribution in [3.8, 4) is 12.3 Å². The molecule has 1 aromatic carbocycles. The number of terminal acetylenes is 1. The van der Waals surface area contributed by atoms with E-state index in [2.05, 4.69) is 12.5 Å². The van der Waals surface area contributed by atoms with E-state index in [0.29, 0.717) is 6.42 Å². The molecule has 1 nitrogen and oxygen atoms in total. The molecule has 0 amide bonds. The maximum Gasteiger partial charge on any atom is 0.147 e. The van der Waals surface area contributed by atoms with Gasteiger partial charge in [-0.1, -0.05) is 42.8 Å². The molecule has 1 atom stereocenters. The molecule has 0 spiro atoms. The van der Waals surface area contributed by atoms with E-state index in [1.54, 1.807) is 0 Å². The highest BCUT2D eigenvalue weighted by Crippen LogP contribution is 2.13. The van der Waals surface area contributed by atoms with Crippen LogP contribution in [0.1, 0.15) is 5.56 Å². The van der Waals surface area contributed by atoms with Gasteiger partial charge in [0.1, 0.15) is 5.60 Å². The van der Waals surface area contributed by atoms with Crippen molar-refractivity contribution in [3.05, 3.63) is 48.6 Å². The number of aliphatic hydroxyl groups is 1. The van der Waals surface area contributed by atoms with Crippen LogP contribution in [-0.4, -0.2) is 10.7 Å². The first kappa shape index (κ1) is 9.57. The van der Waals surface area contributed by atoms with E-state index < -0.39 is 5.60 Å². The zero-order valence-electron chi connectivity index (χ0n) is 7.40. The summed E-state index contributed by atoms with van der Waals surface area (Å²) in [5.74, 6) is 2.31. The van der Waals surface area contributed by atoms with Gasteiger partial charge in [-0.15, -0.1) is 6.42 Å². The maximum absolute atomic E-state index is 9.73. The van der Waals surface area contributed by atoms with Gasteiger partial charge in [0, 0.05) is 6.42 Å². The molecular weight excluding hydrogens is 160 g/mol. The van der Waals surface area contributed by atoms with Crippen molar-refractivity contribution in [2.45, 2.75) is 12.0 Å². The van der Waals surface area contributed by atoms with Crippen molar-refractivity contribution >= 4 is 0 Å². The zero-order chi connectivity index (χ0) is 9.73. The lowest BCUT2D eigenvalue weighted by molar-refractivity contribution is 0.154. The molecule has 13 heavy (non-hydrogen) atoms. The van der Waals surface area contributed by atoms with Crippen molar-refractivity contribution in [2.75, 3.05) is 0 Å². The fraction of sp³-hybridized carbons (Fsp3) is 0.167. The lowest BCUT2D eigenvalue weighted by Crippen LogP contribution is -2.25. The maximum atomic E-state index is 9.73. The Hall–Kier alpha value is -1.52. The van der Waals surface area contributed by atoms with E-state index in [1.165, 1.54) is 6.08 Å². The molecule has 1 rings (SSSR count). The first-order valence-corrected chi connectivity index (χ1v) is 4.08. The van der Waals surface area contributed by atoms with Crippen molar-refractivity contribution in [2.24, 2.45) is 0 Å². The Balaban J connectivity index is 2.81. The summed E-state index contributed by atoms with van der Waals surface area (Å²) >= 11 is 0. The summed E-state index contributed by atoms with van der Waals surface area (Å²) in [5, 5.41) is 9.73. The van der Waals surface area contributed by atoms with Crippen molar-refractivity contribution in [1.29, 1.82) is 0 Å². The summed E-state index contributed by atoms with van der Waals surface area (Å²) in [6.45, 7) is 3.51. The van der Waals surface area contributed by atoms with Crippen molar-refractivity contribution in [3.63, 3.8) is 0 Å². The molecule has 0 radical (unpaired) electrons. The fourth-order valence-electron chi connectivity index (χ4n) is 1.09. The van der Waals surface area contributed by atoms with E-state index in [-0.39, 0.29) is 0 Å². The quantitative estimate of drug-likeness (QED) is 0.544. The van der Waals surface area contributed by atoms with Gasteiger partial charge >= 0.3 is 0 Å². The first-order valence-electron chi connectivity index (χ1n) is 4.08. The van der Waals surface area contributed by atoms with Crippen LogP contribution in [0.25, 0.3) is 0 Å². The van der Waals surface area contributed by atoms with E-state index >= 15 is 0 Å². The summed E-state index contributed by atoms with van der Waals surface area (Å²) in [7, 11) is 0. The van der Waals surface area contributed by atoms with Crippen LogP contribution in [-0.2, 0) is 6.42 Å². The average molecular weight is 172 g/mol. The Labute approximate surface area is 78.7 Å². The van der Waals surface area contributed by atoms with Gasteiger partial charge in [-0.3, -0.25) is 0 Å². The first-order chi connectivity index (χ1) is 6.20. The van der Waals surface area contributed by atoms with E-state index in [4.69, 9.17) is 6.42 Å². The lowest BCUT2D eigenvalue weighted by atomic mass is 9.96. The summed E-state index contributed by atoms with van der Waals surface area (Å²) in [6.07, 6.45) is 6.99. The number of rotatable bonds is 3. The second kappa shape index (κ2) is 3.93. The van der Waals surface area contributed by atoms with Gasteiger partial charge in [0.15, 0.2) is 0 Å². The zero-order valence-corrected chi connectivity index (χ0v) is 7.40. The van der Waals surface area contributed by atoms with Crippen LogP contribution < -0.4 is 0 Å². The molecular formula is C12H12O. The summed E-state index contributed by atoms with van der Waals surface area (Å²) in [6, 6.07) is 9.59. The standard InChI is InChI=1S/C12H12O/c1-3-12(13,4-2)10-11-8-6-5-7-9-11/h1,4-9,13H,2,10H2. The number of hydrogen-bond acceptors (Lipinski definition) is 1. The fourth-order valence-corrected chi connectivity index (χ4v) is 1.09. The van der Waals surface area contributed by atoms with Crippen LogP contribution in [0.3, 0.4) is 0 Å². The average Bonchev–Trinajstić information content (AvgIpc) is 2.19. The lowest BCUT2D eigenvalue weighted by Gasteiger charge is -2.16. The van der Waals surface area contributed by atoms with E-state index in [0.717, 1.165) is 5.56 Å². The Kier molecular flexibility index (Phi) is 2.89. The molecule has 0 aromatic heterocycles. The molecule has 0 saturated carbocycles. The molecule has 0 aliphatic heterocycles. The molecule has 66 valence electrons. The van der Waals surface area contributed by atoms with Gasteiger partial charge in [-0.25, -0.2) is 0 Å². The molecule has 1 N–H and O–H groups in total. The van der Waals surface area contributed by atoms with Crippen LogP contribution in [0.15, 0.2) is 43.0 Å². The number of hydrogen-bond donors (Lipinski definition) is 1. The Bertz CT molecular complexity index is 321. The van der Waals surface area contributed by atoms with Crippen molar-refractivity contribution in [1.82, 2.24) is 0 Å². The van der Waals surface area contributed by atoms with Gasteiger partial charge in [-0.2, -0.15) is 0 Å². The third-order valence-electron chi connectivity index (χ3n) is 1.90. The van der Waals surface area contributed by atoms with Crippen LogP contribution in [0, 0.1) is 12.3 Å². The molecule has 1 heteroatoms. The highest BCUT2D eigenvalue weighted by molar-refractivity contribution is 5.26. The molecule has 0 saturated heterocycles. The molecule has 0 heterocycles. The minimum Gasteiger partial charge on any atom is -0.374 e. The third-order valence-corrected chi connectivity index (χ3v) is 1.90. The minimum atomic E-state index is -1.22. The monoisotopic (exact) mass is 172 g/mol. The molecule has 1 aromatic rings. The van der Waals surface area contributed by atoms with Gasteiger partial charge in [0.2, 0.25) is 0 Å². The van der Waals surface area contributed by atoms with Crippen LogP contribution in [0.2, 0.25) is 0 Å².